The molecule has 0 spiro atoms. The average molecular weight is 449 g/mol. The van der Waals surface area contributed by atoms with Gasteiger partial charge in [-0.25, -0.2) is 0 Å². The molecule has 182 valence electrons. The van der Waals surface area contributed by atoms with Crippen molar-refractivity contribution in [3.05, 3.63) is 24.3 Å². The van der Waals surface area contributed by atoms with E-state index in [-0.39, 0.29) is 0 Å². The molecular formula is C24H44N6O2. The van der Waals surface area contributed by atoms with E-state index in [0.29, 0.717) is 0 Å². The van der Waals surface area contributed by atoms with E-state index < -0.39 is 0 Å². The Hall–Kier alpha value is -2.03. The Balaban J connectivity index is 1.62. The van der Waals surface area contributed by atoms with Crippen molar-refractivity contribution in [3.63, 3.8) is 0 Å². The molecule has 0 aromatic heterocycles. The summed E-state index contributed by atoms with van der Waals surface area (Å²) in [6.45, 7) is 13.0. The lowest BCUT2D eigenvalue weighted by Crippen LogP contribution is -2.46. The zero-order valence-electron chi connectivity index (χ0n) is 20.6. The molecule has 0 unspecified atom stereocenters. The van der Waals surface area contributed by atoms with E-state index in [1.807, 2.05) is 12.1 Å². The first kappa shape index (κ1) is 26.2. The summed E-state index contributed by atoms with van der Waals surface area (Å²) in [5.41, 5.74) is 1.28. The fourth-order valence-corrected chi connectivity index (χ4v) is 3.81. The van der Waals surface area contributed by atoms with Crippen molar-refractivity contribution in [2.24, 2.45) is 4.99 Å². The number of aliphatic imine (C=N–C) groups is 1. The van der Waals surface area contributed by atoms with Crippen molar-refractivity contribution in [1.82, 2.24) is 20.4 Å². The molecule has 8 heteroatoms. The van der Waals surface area contributed by atoms with Crippen LogP contribution in [-0.2, 0) is 4.74 Å². The maximum absolute atomic E-state index is 5.26. The third-order valence-electron chi connectivity index (χ3n) is 5.73. The molecule has 0 saturated carbocycles. The summed E-state index contributed by atoms with van der Waals surface area (Å²) in [6.07, 6.45) is 2.14. The van der Waals surface area contributed by atoms with Gasteiger partial charge in [0.1, 0.15) is 5.75 Å². The Labute approximate surface area is 194 Å². The predicted octanol–water partition coefficient (Wildman–Crippen LogP) is 1.73. The summed E-state index contributed by atoms with van der Waals surface area (Å²) in [4.78, 5) is 12.1. The van der Waals surface area contributed by atoms with Gasteiger partial charge in [-0.2, -0.15) is 0 Å². The number of ether oxygens (including phenoxy) is 2. The number of guanidine groups is 1. The topological polar surface area (TPSA) is 64.6 Å². The fourth-order valence-electron chi connectivity index (χ4n) is 3.81. The van der Waals surface area contributed by atoms with Crippen LogP contribution in [0.4, 0.5) is 5.69 Å². The highest BCUT2D eigenvalue weighted by atomic mass is 16.5. The van der Waals surface area contributed by atoms with E-state index in [4.69, 9.17) is 14.5 Å². The lowest BCUT2D eigenvalue weighted by molar-refractivity contribution is 0.180. The fraction of sp³-hybridized carbons (Fsp3) is 0.708. The number of nitrogens with one attached hydrogen (secondary N) is 2. The van der Waals surface area contributed by atoms with Gasteiger partial charge in [0, 0.05) is 84.9 Å². The quantitative estimate of drug-likeness (QED) is 0.255. The number of rotatable bonds is 14. The number of hydrogen-bond acceptors (Lipinski definition) is 6. The molecule has 0 amide bonds. The number of nitrogens with zero attached hydrogens (tertiary/aromatic N) is 4. The van der Waals surface area contributed by atoms with Crippen LogP contribution in [0.1, 0.15) is 19.8 Å². The van der Waals surface area contributed by atoms with Gasteiger partial charge in [-0.1, -0.05) is 0 Å². The molecule has 1 aromatic carbocycles. The molecule has 1 aliphatic heterocycles. The van der Waals surface area contributed by atoms with Crippen molar-refractivity contribution in [1.29, 1.82) is 0 Å². The molecule has 0 atom stereocenters. The van der Waals surface area contributed by atoms with Gasteiger partial charge in [0.05, 0.1) is 7.11 Å². The first-order valence-electron chi connectivity index (χ1n) is 12.0. The second kappa shape index (κ2) is 15.7. The maximum atomic E-state index is 5.26. The maximum Gasteiger partial charge on any atom is 0.191 e. The highest BCUT2D eigenvalue weighted by Crippen LogP contribution is 2.20. The second-order valence-corrected chi connectivity index (χ2v) is 8.22. The molecule has 1 aromatic rings. The summed E-state index contributed by atoms with van der Waals surface area (Å²) in [5.74, 6) is 1.83. The Bertz CT molecular complexity index is 632. The van der Waals surface area contributed by atoms with Gasteiger partial charge in [-0.15, -0.1) is 0 Å². The molecule has 1 aliphatic rings. The summed E-state index contributed by atoms with van der Waals surface area (Å²) in [5, 5.41) is 6.80. The molecule has 8 nitrogen and oxygen atoms in total. The number of benzene rings is 1. The minimum atomic E-state index is 0.818. The Morgan fingerprint density at radius 3 is 2.44 bits per heavy atom. The van der Waals surface area contributed by atoms with Crippen molar-refractivity contribution in [2.45, 2.75) is 19.8 Å². The number of hydrogen-bond donors (Lipinski definition) is 2. The van der Waals surface area contributed by atoms with Crippen LogP contribution in [0, 0.1) is 0 Å². The van der Waals surface area contributed by atoms with Crippen molar-refractivity contribution in [3.8, 4) is 5.75 Å². The molecule has 0 bridgehead atoms. The minimum absolute atomic E-state index is 0.818. The number of likely N-dealkylation sites (N-methyl/N-ethyl adjacent to an activating group) is 1. The SMILES string of the molecule is CCNC(=NCCCN1CCN(c2ccc(OC)cc2)CC1)NCCN(C)CCCOC. The summed E-state index contributed by atoms with van der Waals surface area (Å²) >= 11 is 0. The van der Waals surface area contributed by atoms with Crippen LogP contribution in [0.3, 0.4) is 0 Å². The van der Waals surface area contributed by atoms with Gasteiger partial charge < -0.3 is 29.9 Å². The van der Waals surface area contributed by atoms with Crippen molar-refractivity contribution >= 4 is 11.6 Å². The van der Waals surface area contributed by atoms with E-state index in [9.17, 15) is 0 Å². The van der Waals surface area contributed by atoms with Crippen LogP contribution in [0.5, 0.6) is 5.75 Å². The van der Waals surface area contributed by atoms with E-state index in [1.54, 1.807) is 14.2 Å². The third-order valence-corrected chi connectivity index (χ3v) is 5.73. The van der Waals surface area contributed by atoms with Gasteiger partial charge in [-0.3, -0.25) is 9.89 Å². The second-order valence-electron chi connectivity index (χ2n) is 8.22. The number of anilines is 1. The van der Waals surface area contributed by atoms with E-state index >= 15 is 0 Å². The molecule has 1 fully saturated rings. The highest BCUT2D eigenvalue weighted by Gasteiger charge is 2.16. The van der Waals surface area contributed by atoms with Crippen LogP contribution in [0.2, 0.25) is 0 Å². The zero-order chi connectivity index (χ0) is 23.0. The lowest BCUT2D eigenvalue weighted by Gasteiger charge is -2.36. The first-order valence-corrected chi connectivity index (χ1v) is 12.0. The van der Waals surface area contributed by atoms with Crippen molar-refractivity contribution < 1.29 is 9.47 Å². The molecule has 0 radical (unpaired) electrons. The van der Waals surface area contributed by atoms with Gasteiger partial charge in [-0.05, 0) is 51.1 Å². The highest BCUT2D eigenvalue weighted by molar-refractivity contribution is 5.79. The molecule has 1 saturated heterocycles. The molecule has 2 rings (SSSR count). The van der Waals surface area contributed by atoms with Crippen molar-refractivity contribution in [2.75, 3.05) is 98.2 Å². The molecule has 32 heavy (non-hydrogen) atoms. The predicted molar refractivity (Wildman–Crippen MR) is 134 cm³/mol. The molecule has 0 aliphatic carbocycles. The number of methoxy groups -OCH3 is 2. The molecule has 2 N–H and O–H groups in total. The van der Waals surface area contributed by atoms with Crippen LogP contribution < -0.4 is 20.3 Å². The third kappa shape index (κ3) is 10.1. The number of piperazine rings is 1. The minimum Gasteiger partial charge on any atom is -0.497 e. The Kier molecular flexibility index (Phi) is 12.9. The average Bonchev–Trinajstić information content (AvgIpc) is 2.82. The molecular weight excluding hydrogens is 404 g/mol. The van der Waals surface area contributed by atoms with Gasteiger partial charge in [0.2, 0.25) is 0 Å². The normalized spacial score (nSPS) is 15.3. The summed E-state index contributed by atoms with van der Waals surface area (Å²) < 4.78 is 10.4. The lowest BCUT2D eigenvalue weighted by atomic mass is 10.2. The van der Waals surface area contributed by atoms with E-state index in [2.05, 4.69) is 51.4 Å². The van der Waals surface area contributed by atoms with E-state index in [1.165, 1.54) is 5.69 Å². The monoisotopic (exact) mass is 448 g/mol. The molecule has 1 heterocycles. The van der Waals surface area contributed by atoms with Crippen LogP contribution in [0.15, 0.2) is 29.3 Å². The Morgan fingerprint density at radius 2 is 1.78 bits per heavy atom. The van der Waals surface area contributed by atoms with Gasteiger partial charge >= 0.3 is 0 Å². The van der Waals surface area contributed by atoms with Crippen LogP contribution in [0.25, 0.3) is 0 Å². The zero-order valence-corrected chi connectivity index (χ0v) is 20.6. The van der Waals surface area contributed by atoms with E-state index in [0.717, 1.165) is 96.6 Å². The summed E-state index contributed by atoms with van der Waals surface area (Å²) in [7, 11) is 5.61. The van der Waals surface area contributed by atoms with Gasteiger partial charge in [0.15, 0.2) is 5.96 Å². The smallest absolute Gasteiger partial charge is 0.191 e. The standard InChI is InChI=1S/C24H44N6O2/c1-5-25-24(27-13-16-28(2)14-7-21-31-3)26-12-6-15-29-17-19-30(20-18-29)22-8-10-23(32-4)11-9-22/h8-11H,5-7,12-21H2,1-4H3,(H2,25,26,27). The van der Waals surface area contributed by atoms with Crippen LogP contribution in [-0.4, -0.2) is 109 Å². The summed E-state index contributed by atoms with van der Waals surface area (Å²) in [6, 6.07) is 8.37. The van der Waals surface area contributed by atoms with Crippen LogP contribution >= 0.6 is 0 Å². The Morgan fingerprint density at radius 1 is 1.03 bits per heavy atom. The van der Waals surface area contributed by atoms with Gasteiger partial charge in [0.25, 0.3) is 0 Å². The first-order chi connectivity index (χ1) is 15.7. The largest absolute Gasteiger partial charge is 0.497 e.